The predicted molar refractivity (Wildman–Crippen MR) is 37.1 cm³/mol. The zero-order valence-corrected chi connectivity index (χ0v) is 6.46. The van der Waals surface area contributed by atoms with Gasteiger partial charge in [-0.05, 0) is 13.3 Å². The third kappa shape index (κ3) is 2.49. The minimum Gasteiger partial charge on any atom is -0.475 e. The second-order valence-electron chi connectivity index (χ2n) is 2.24. The van der Waals surface area contributed by atoms with Crippen LogP contribution in [0.15, 0.2) is 0 Å². The summed E-state index contributed by atoms with van der Waals surface area (Å²) >= 11 is 0. The highest BCUT2D eigenvalue weighted by Gasteiger charge is 2.26. The monoisotopic (exact) mass is 158 g/mol. The second kappa shape index (κ2) is 3.85. The number of carboxylic acids is 1. The maximum atomic E-state index is 10.7. The van der Waals surface area contributed by atoms with Crippen LogP contribution in [0.5, 0.6) is 0 Å². The molecule has 0 aromatic carbocycles. The van der Waals surface area contributed by atoms with Gasteiger partial charge in [0.2, 0.25) is 5.78 Å². The molecular formula is C7H10O4. The Morgan fingerprint density at radius 2 is 1.82 bits per heavy atom. The van der Waals surface area contributed by atoms with Crippen molar-refractivity contribution in [3.8, 4) is 0 Å². The maximum Gasteiger partial charge on any atom is 0.372 e. The quantitative estimate of drug-likeness (QED) is 0.470. The van der Waals surface area contributed by atoms with Crippen molar-refractivity contribution < 1.29 is 19.5 Å². The first-order chi connectivity index (χ1) is 5.00. The molecule has 0 bridgehead atoms. The summed E-state index contributed by atoms with van der Waals surface area (Å²) in [7, 11) is 0. The van der Waals surface area contributed by atoms with Crippen molar-refractivity contribution >= 4 is 17.5 Å². The Morgan fingerprint density at radius 3 is 1.91 bits per heavy atom. The van der Waals surface area contributed by atoms with Gasteiger partial charge in [0.15, 0.2) is 0 Å². The van der Waals surface area contributed by atoms with E-state index < -0.39 is 17.7 Å². The summed E-state index contributed by atoms with van der Waals surface area (Å²) in [5, 5.41) is 8.23. The van der Waals surface area contributed by atoms with Gasteiger partial charge in [-0.1, -0.05) is 6.92 Å². The molecule has 0 heterocycles. The zero-order valence-electron chi connectivity index (χ0n) is 6.46. The zero-order chi connectivity index (χ0) is 9.02. The third-order valence-electron chi connectivity index (χ3n) is 1.43. The molecule has 0 fully saturated rings. The largest absolute Gasteiger partial charge is 0.475 e. The molecule has 1 N–H and O–H groups in total. The molecule has 0 aliphatic heterocycles. The van der Waals surface area contributed by atoms with E-state index in [1.54, 1.807) is 6.92 Å². The maximum absolute atomic E-state index is 10.7. The Kier molecular flexibility index (Phi) is 3.44. The van der Waals surface area contributed by atoms with Gasteiger partial charge in [0.25, 0.3) is 0 Å². The standard InChI is InChI=1S/C7H10O4/c1-3-5(4(2)8)6(9)7(10)11/h5H,3H2,1-2H3,(H,10,11). The Balaban J connectivity index is 4.39. The van der Waals surface area contributed by atoms with Crippen LogP contribution in [0.25, 0.3) is 0 Å². The summed E-state index contributed by atoms with van der Waals surface area (Å²) in [5.74, 6) is -3.90. The van der Waals surface area contributed by atoms with Gasteiger partial charge in [0.1, 0.15) is 5.78 Å². The van der Waals surface area contributed by atoms with Crippen molar-refractivity contribution in [1.29, 1.82) is 0 Å². The molecule has 0 radical (unpaired) electrons. The van der Waals surface area contributed by atoms with Gasteiger partial charge in [-0.25, -0.2) is 4.79 Å². The van der Waals surface area contributed by atoms with E-state index >= 15 is 0 Å². The average molecular weight is 158 g/mol. The van der Waals surface area contributed by atoms with Gasteiger partial charge in [-0.3, -0.25) is 9.59 Å². The van der Waals surface area contributed by atoms with Gasteiger partial charge >= 0.3 is 5.97 Å². The number of ketones is 2. The molecule has 1 unspecified atom stereocenters. The molecule has 0 saturated heterocycles. The molecular weight excluding hydrogens is 148 g/mol. The van der Waals surface area contributed by atoms with Crippen LogP contribution in [-0.2, 0) is 14.4 Å². The molecule has 0 aliphatic rings. The fourth-order valence-corrected chi connectivity index (χ4v) is 0.807. The van der Waals surface area contributed by atoms with Crippen LogP contribution in [0.4, 0.5) is 0 Å². The summed E-state index contributed by atoms with van der Waals surface area (Å²) in [6.45, 7) is 2.82. The van der Waals surface area contributed by atoms with Gasteiger partial charge in [-0.15, -0.1) is 0 Å². The van der Waals surface area contributed by atoms with E-state index in [-0.39, 0.29) is 12.2 Å². The van der Waals surface area contributed by atoms with E-state index in [2.05, 4.69) is 0 Å². The van der Waals surface area contributed by atoms with E-state index in [1.807, 2.05) is 0 Å². The van der Waals surface area contributed by atoms with Crippen LogP contribution >= 0.6 is 0 Å². The van der Waals surface area contributed by atoms with Crippen LogP contribution in [-0.4, -0.2) is 22.6 Å². The fraction of sp³-hybridized carbons (Fsp3) is 0.571. The second-order valence-corrected chi connectivity index (χ2v) is 2.24. The first kappa shape index (κ1) is 9.81. The topological polar surface area (TPSA) is 71.4 Å². The predicted octanol–water partition coefficient (Wildman–Crippen LogP) is 0.255. The van der Waals surface area contributed by atoms with Gasteiger partial charge in [-0.2, -0.15) is 0 Å². The van der Waals surface area contributed by atoms with E-state index in [1.165, 1.54) is 6.92 Å². The number of Topliss-reactive ketones (excluding diaryl/α,β-unsaturated/α-hetero) is 2. The van der Waals surface area contributed by atoms with Crippen LogP contribution in [0.2, 0.25) is 0 Å². The minimum atomic E-state index is -1.54. The third-order valence-corrected chi connectivity index (χ3v) is 1.43. The van der Waals surface area contributed by atoms with Gasteiger partial charge < -0.3 is 5.11 Å². The molecule has 0 aliphatic carbocycles. The van der Waals surface area contributed by atoms with Crippen LogP contribution in [0, 0.1) is 5.92 Å². The number of hydrogen-bond acceptors (Lipinski definition) is 3. The number of aliphatic carboxylic acids is 1. The molecule has 0 aromatic rings. The highest BCUT2D eigenvalue weighted by Crippen LogP contribution is 2.05. The molecule has 0 amide bonds. The van der Waals surface area contributed by atoms with Crippen LogP contribution in [0.3, 0.4) is 0 Å². The summed E-state index contributed by atoms with van der Waals surface area (Å²) in [5.41, 5.74) is 0. The van der Waals surface area contributed by atoms with Crippen molar-refractivity contribution in [3.05, 3.63) is 0 Å². The number of carbonyl (C=O) groups excluding carboxylic acids is 2. The van der Waals surface area contributed by atoms with Crippen LogP contribution < -0.4 is 0 Å². The number of carbonyl (C=O) groups is 3. The van der Waals surface area contributed by atoms with E-state index in [0.717, 1.165) is 0 Å². The first-order valence-electron chi connectivity index (χ1n) is 3.28. The fourth-order valence-electron chi connectivity index (χ4n) is 0.807. The van der Waals surface area contributed by atoms with Crippen molar-refractivity contribution in [2.24, 2.45) is 5.92 Å². The van der Waals surface area contributed by atoms with E-state index in [4.69, 9.17) is 5.11 Å². The molecule has 1 atom stereocenters. The summed E-state index contributed by atoms with van der Waals surface area (Å²) < 4.78 is 0. The Morgan fingerprint density at radius 1 is 1.36 bits per heavy atom. The normalized spacial score (nSPS) is 12.2. The summed E-state index contributed by atoms with van der Waals surface area (Å²) in [6, 6.07) is 0. The molecule has 4 nitrogen and oxygen atoms in total. The van der Waals surface area contributed by atoms with Crippen LogP contribution in [0.1, 0.15) is 20.3 Å². The lowest BCUT2D eigenvalue weighted by Gasteiger charge is -2.04. The van der Waals surface area contributed by atoms with Crippen molar-refractivity contribution in [1.82, 2.24) is 0 Å². The average Bonchev–Trinajstić information content (AvgIpc) is 1.88. The van der Waals surface area contributed by atoms with Gasteiger partial charge in [0, 0.05) is 0 Å². The smallest absolute Gasteiger partial charge is 0.372 e. The molecule has 62 valence electrons. The van der Waals surface area contributed by atoms with Crippen molar-refractivity contribution in [3.63, 3.8) is 0 Å². The number of carboxylic acid groups (broad SMARTS) is 1. The lowest BCUT2D eigenvalue weighted by Crippen LogP contribution is -2.27. The highest BCUT2D eigenvalue weighted by atomic mass is 16.4. The SMILES string of the molecule is CCC(C(C)=O)C(=O)C(=O)O. The first-order valence-corrected chi connectivity index (χ1v) is 3.28. The lowest BCUT2D eigenvalue weighted by atomic mass is 9.97. The van der Waals surface area contributed by atoms with E-state index in [0.29, 0.717) is 0 Å². The molecule has 11 heavy (non-hydrogen) atoms. The van der Waals surface area contributed by atoms with Gasteiger partial charge in [0.05, 0.1) is 5.92 Å². The van der Waals surface area contributed by atoms with Crippen molar-refractivity contribution in [2.45, 2.75) is 20.3 Å². The summed E-state index contributed by atoms with van der Waals surface area (Å²) in [4.78, 5) is 31.4. The lowest BCUT2D eigenvalue weighted by molar-refractivity contribution is -0.152. The molecule has 0 spiro atoms. The Hall–Kier alpha value is -1.19. The highest BCUT2D eigenvalue weighted by molar-refractivity contribution is 6.37. The molecule has 0 rings (SSSR count). The molecule has 4 heteroatoms. The number of rotatable bonds is 4. The number of hydrogen-bond donors (Lipinski definition) is 1. The summed E-state index contributed by atoms with van der Waals surface area (Å²) in [6.07, 6.45) is 0.250. The van der Waals surface area contributed by atoms with E-state index in [9.17, 15) is 14.4 Å². The molecule has 0 saturated carbocycles. The molecule has 0 aromatic heterocycles. The van der Waals surface area contributed by atoms with Crippen molar-refractivity contribution in [2.75, 3.05) is 0 Å². The Labute approximate surface area is 64.2 Å². The Bertz CT molecular complexity index is 195. The minimum absolute atomic E-state index is 0.250.